The first-order valence-corrected chi connectivity index (χ1v) is 7.64. The average molecular weight is 312 g/mol. The number of halogens is 1. The summed E-state index contributed by atoms with van der Waals surface area (Å²) in [7, 11) is 0. The maximum atomic E-state index is 14.1. The van der Waals surface area contributed by atoms with Crippen molar-refractivity contribution in [3.63, 3.8) is 0 Å². The lowest BCUT2D eigenvalue weighted by Crippen LogP contribution is -2.27. The highest BCUT2D eigenvalue weighted by Crippen LogP contribution is 2.25. The van der Waals surface area contributed by atoms with Crippen molar-refractivity contribution in [2.75, 3.05) is 18.4 Å². The summed E-state index contributed by atoms with van der Waals surface area (Å²) in [6, 6.07) is 3.36. The summed E-state index contributed by atoms with van der Waals surface area (Å²) in [5, 5.41) is 10.9. The van der Waals surface area contributed by atoms with Crippen LogP contribution in [0.15, 0.2) is 36.9 Å². The van der Waals surface area contributed by atoms with Gasteiger partial charge in [-0.15, -0.1) is 0 Å². The van der Waals surface area contributed by atoms with E-state index in [-0.39, 0.29) is 5.82 Å². The van der Waals surface area contributed by atoms with Crippen LogP contribution in [0.1, 0.15) is 6.92 Å². The molecule has 7 heteroatoms. The van der Waals surface area contributed by atoms with Gasteiger partial charge >= 0.3 is 0 Å². The third-order valence-corrected chi connectivity index (χ3v) is 4.25. The van der Waals surface area contributed by atoms with Crippen LogP contribution < -0.4 is 10.6 Å². The fourth-order valence-electron chi connectivity index (χ4n) is 2.95. The molecule has 2 unspecified atom stereocenters. The minimum absolute atomic E-state index is 0.320. The predicted octanol–water partition coefficient (Wildman–Crippen LogP) is 1.95. The summed E-state index contributed by atoms with van der Waals surface area (Å²) in [5.74, 6) is 0.891. The van der Waals surface area contributed by atoms with E-state index in [1.54, 1.807) is 30.9 Å². The molecule has 0 amide bonds. The summed E-state index contributed by atoms with van der Waals surface area (Å²) in [6.45, 7) is 4.08. The quantitative estimate of drug-likeness (QED) is 0.774. The van der Waals surface area contributed by atoms with Gasteiger partial charge in [-0.05, 0) is 24.6 Å². The molecule has 6 nitrogen and oxygen atoms in total. The Hall–Kier alpha value is -2.54. The molecular weight excluding hydrogens is 295 g/mol. The van der Waals surface area contributed by atoms with Gasteiger partial charge in [0.15, 0.2) is 0 Å². The lowest BCUT2D eigenvalue weighted by atomic mass is 10.1. The van der Waals surface area contributed by atoms with Crippen LogP contribution in [0.5, 0.6) is 0 Å². The Morgan fingerprint density at radius 2 is 2.22 bits per heavy atom. The van der Waals surface area contributed by atoms with E-state index in [4.69, 9.17) is 0 Å². The van der Waals surface area contributed by atoms with Crippen molar-refractivity contribution >= 4 is 11.3 Å². The highest BCUT2D eigenvalue weighted by molar-refractivity contribution is 5.78. The SMILES string of the molecule is CC1CNCC1Nc1cncc(-c2cnn3cccc(F)c23)n1. The maximum Gasteiger partial charge on any atom is 0.149 e. The van der Waals surface area contributed by atoms with Crippen LogP contribution >= 0.6 is 0 Å². The number of rotatable bonds is 3. The Kier molecular flexibility index (Phi) is 3.42. The first kappa shape index (κ1) is 14.1. The van der Waals surface area contributed by atoms with Gasteiger partial charge < -0.3 is 10.6 Å². The van der Waals surface area contributed by atoms with Gasteiger partial charge in [0.1, 0.15) is 17.2 Å². The molecule has 1 aliphatic heterocycles. The molecule has 4 rings (SSSR count). The van der Waals surface area contributed by atoms with Gasteiger partial charge in [0.05, 0.1) is 29.8 Å². The fourth-order valence-corrected chi connectivity index (χ4v) is 2.95. The summed E-state index contributed by atoms with van der Waals surface area (Å²) >= 11 is 0. The fraction of sp³-hybridized carbons (Fsp3) is 0.312. The largest absolute Gasteiger partial charge is 0.364 e. The van der Waals surface area contributed by atoms with E-state index in [2.05, 4.69) is 32.6 Å². The van der Waals surface area contributed by atoms with E-state index in [0.717, 1.165) is 13.1 Å². The Balaban J connectivity index is 1.70. The van der Waals surface area contributed by atoms with Gasteiger partial charge in [0.2, 0.25) is 0 Å². The number of fused-ring (bicyclic) bond motifs is 1. The van der Waals surface area contributed by atoms with Gasteiger partial charge in [-0.25, -0.2) is 13.9 Å². The lowest BCUT2D eigenvalue weighted by Gasteiger charge is -2.16. The number of pyridine rings is 1. The van der Waals surface area contributed by atoms with Crippen molar-refractivity contribution in [2.45, 2.75) is 13.0 Å². The normalized spacial score (nSPS) is 21.0. The van der Waals surface area contributed by atoms with Crippen LogP contribution in [0.4, 0.5) is 10.2 Å². The second-order valence-corrected chi connectivity index (χ2v) is 5.88. The Morgan fingerprint density at radius 3 is 3.04 bits per heavy atom. The third kappa shape index (κ3) is 2.53. The molecule has 0 aromatic carbocycles. The molecule has 118 valence electrons. The topological polar surface area (TPSA) is 67.1 Å². The molecule has 0 aliphatic carbocycles. The van der Waals surface area contributed by atoms with Gasteiger partial charge in [-0.2, -0.15) is 5.10 Å². The second kappa shape index (κ2) is 5.58. The van der Waals surface area contributed by atoms with Crippen molar-refractivity contribution in [2.24, 2.45) is 5.92 Å². The monoisotopic (exact) mass is 312 g/mol. The number of hydrogen-bond acceptors (Lipinski definition) is 5. The number of nitrogens with zero attached hydrogens (tertiary/aromatic N) is 4. The van der Waals surface area contributed by atoms with E-state index in [1.165, 1.54) is 10.6 Å². The van der Waals surface area contributed by atoms with Crippen molar-refractivity contribution in [3.8, 4) is 11.3 Å². The van der Waals surface area contributed by atoms with Crippen LogP contribution in [0.3, 0.4) is 0 Å². The lowest BCUT2D eigenvalue weighted by molar-refractivity contribution is 0.593. The molecule has 2 atom stereocenters. The summed E-state index contributed by atoms with van der Waals surface area (Å²) in [4.78, 5) is 8.82. The van der Waals surface area contributed by atoms with Crippen molar-refractivity contribution in [1.82, 2.24) is 24.9 Å². The van der Waals surface area contributed by atoms with Gasteiger partial charge in [0.25, 0.3) is 0 Å². The number of nitrogens with one attached hydrogen (secondary N) is 2. The molecule has 0 spiro atoms. The average Bonchev–Trinajstić information content (AvgIpc) is 3.15. The minimum Gasteiger partial charge on any atom is -0.364 e. The first-order valence-electron chi connectivity index (χ1n) is 7.64. The Morgan fingerprint density at radius 1 is 1.30 bits per heavy atom. The molecule has 23 heavy (non-hydrogen) atoms. The molecule has 0 bridgehead atoms. The van der Waals surface area contributed by atoms with Crippen LogP contribution in [-0.4, -0.2) is 38.7 Å². The van der Waals surface area contributed by atoms with Crippen LogP contribution in [0.2, 0.25) is 0 Å². The van der Waals surface area contributed by atoms with Crippen LogP contribution in [0.25, 0.3) is 16.8 Å². The maximum absolute atomic E-state index is 14.1. The van der Waals surface area contributed by atoms with Crippen molar-refractivity contribution in [1.29, 1.82) is 0 Å². The van der Waals surface area contributed by atoms with Crippen LogP contribution in [-0.2, 0) is 0 Å². The smallest absolute Gasteiger partial charge is 0.149 e. The highest BCUT2D eigenvalue weighted by atomic mass is 19.1. The molecule has 1 fully saturated rings. The summed E-state index contributed by atoms with van der Waals surface area (Å²) in [5.41, 5.74) is 1.65. The Bertz CT molecular complexity index is 845. The van der Waals surface area contributed by atoms with E-state index in [1.807, 2.05) is 0 Å². The van der Waals surface area contributed by atoms with E-state index < -0.39 is 0 Å². The minimum atomic E-state index is -0.325. The van der Waals surface area contributed by atoms with Gasteiger partial charge in [0, 0.05) is 18.8 Å². The van der Waals surface area contributed by atoms with E-state index in [0.29, 0.717) is 34.6 Å². The molecule has 1 saturated heterocycles. The zero-order valence-electron chi connectivity index (χ0n) is 12.7. The van der Waals surface area contributed by atoms with Crippen LogP contribution in [0, 0.1) is 11.7 Å². The van der Waals surface area contributed by atoms with E-state index >= 15 is 0 Å². The zero-order chi connectivity index (χ0) is 15.8. The zero-order valence-corrected chi connectivity index (χ0v) is 12.7. The molecule has 0 saturated carbocycles. The van der Waals surface area contributed by atoms with Gasteiger partial charge in [-0.3, -0.25) is 4.98 Å². The molecule has 1 aliphatic rings. The number of aromatic nitrogens is 4. The molecule has 0 radical (unpaired) electrons. The van der Waals surface area contributed by atoms with E-state index in [9.17, 15) is 4.39 Å². The number of anilines is 1. The second-order valence-electron chi connectivity index (χ2n) is 5.88. The molecular formula is C16H17FN6. The van der Waals surface area contributed by atoms with Crippen molar-refractivity contribution < 1.29 is 4.39 Å². The highest BCUT2D eigenvalue weighted by Gasteiger charge is 2.23. The van der Waals surface area contributed by atoms with Crippen molar-refractivity contribution in [3.05, 3.63) is 42.7 Å². The molecule has 3 aromatic rings. The molecule has 4 heterocycles. The molecule has 2 N–H and O–H groups in total. The number of hydrogen-bond donors (Lipinski definition) is 2. The Labute approximate surface area is 132 Å². The summed E-state index contributed by atoms with van der Waals surface area (Å²) in [6.07, 6.45) is 6.65. The summed E-state index contributed by atoms with van der Waals surface area (Å²) < 4.78 is 15.6. The molecule has 3 aromatic heterocycles. The standard InChI is InChI=1S/C16H17FN6/c1-10-5-18-7-13(10)21-15-9-19-8-14(22-15)11-6-20-23-4-2-3-12(17)16(11)23/h2-4,6,8-10,13,18H,5,7H2,1H3,(H,21,22). The van der Waals surface area contributed by atoms with Gasteiger partial charge in [-0.1, -0.05) is 6.92 Å². The first-order chi connectivity index (χ1) is 11.2. The predicted molar refractivity (Wildman–Crippen MR) is 85.6 cm³/mol. The third-order valence-electron chi connectivity index (χ3n) is 4.25.